The maximum absolute atomic E-state index is 12.9. The molecule has 28 heavy (non-hydrogen) atoms. The zero-order chi connectivity index (χ0) is 20.1. The summed E-state index contributed by atoms with van der Waals surface area (Å²) >= 11 is 0. The standard InChI is InChI=1S/C21H21F3N2O2/c1-2-20(27)26(13-15-7-6-10-17(11-15)21(22,23)24)14-18-12-19(25-28-18)16-8-4-3-5-9-16/h3-11,18H,2,12-14H2,1H3/t18-/m0/s1. The molecule has 0 unspecified atom stereocenters. The molecule has 0 fully saturated rings. The van der Waals surface area contributed by atoms with Gasteiger partial charge in [-0.15, -0.1) is 0 Å². The maximum Gasteiger partial charge on any atom is 0.416 e. The van der Waals surface area contributed by atoms with Crippen molar-refractivity contribution >= 4 is 11.6 Å². The van der Waals surface area contributed by atoms with Crippen LogP contribution in [0.3, 0.4) is 0 Å². The predicted octanol–water partition coefficient (Wildman–Crippen LogP) is 4.64. The monoisotopic (exact) mass is 390 g/mol. The van der Waals surface area contributed by atoms with Gasteiger partial charge in [-0.25, -0.2) is 0 Å². The molecule has 0 spiro atoms. The van der Waals surface area contributed by atoms with E-state index in [4.69, 9.17) is 4.84 Å². The lowest BCUT2D eigenvalue weighted by Crippen LogP contribution is -2.37. The van der Waals surface area contributed by atoms with Crippen LogP contribution in [0, 0.1) is 0 Å². The van der Waals surface area contributed by atoms with Gasteiger partial charge in [-0.3, -0.25) is 4.79 Å². The molecule has 148 valence electrons. The van der Waals surface area contributed by atoms with Crippen LogP contribution in [0.2, 0.25) is 0 Å². The van der Waals surface area contributed by atoms with Crippen LogP contribution in [0.1, 0.15) is 36.5 Å². The molecule has 0 bridgehead atoms. The first-order valence-corrected chi connectivity index (χ1v) is 9.09. The van der Waals surface area contributed by atoms with E-state index >= 15 is 0 Å². The molecule has 0 aliphatic carbocycles. The Hall–Kier alpha value is -2.83. The molecule has 1 aliphatic heterocycles. The molecule has 1 heterocycles. The van der Waals surface area contributed by atoms with Crippen molar-refractivity contribution in [2.24, 2.45) is 5.16 Å². The van der Waals surface area contributed by atoms with Crippen molar-refractivity contribution in [1.29, 1.82) is 0 Å². The molecule has 7 heteroatoms. The number of rotatable bonds is 6. The molecule has 3 rings (SSSR count). The van der Waals surface area contributed by atoms with Crippen molar-refractivity contribution in [2.45, 2.75) is 38.6 Å². The number of oxime groups is 1. The van der Waals surface area contributed by atoms with Gasteiger partial charge in [-0.05, 0) is 23.3 Å². The van der Waals surface area contributed by atoms with Crippen molar-refractivity contribution in [3.63, 3.8) is 0 Å². The average molecular weight is 390 g/mol. The molecule has 1 atom stereocenters. The highest BCUT2D eigenvalue weighted by Gasteiger charge is 2.31. The van der Waals surface area contributed by atoms with Crippen LogP contribution in [-0.2, 0) is 22.4 Å². The summed E-state index contributed by atoms with van der Waals surface area (Å²) in [5.74, 6) is -0.144. The van der Waals surface area contributed by atoms with E-state index in [0.717, 1.165) is 23.4 Å². The van der Waals surface area contributed by atoms with Crippen LogP contribution in [-0.4, -0.2) is 29.2 Å². The number of carbonyl (C=O) groups excluding carboxylic acids is 1. The molecule has 0 saturated heterocycles. The first-order chi connectivity index (χ1) is 13.4. The molecular weight excluding hydrogens is 369 g/mol. The van der Waals surface area contributed by atoms with Crippen LogP contribution in [0.5, 0.6) is 0 Å². The average Bonchev–Trinajstić information content (AvgIpc) is 3.16. The third-order valence-corrected chi connectivity index (χ3v) is 4.55. The molecule has 1 amide bonds. The van der Waals surface area contributed by atoms with Gasteiger partial charge in [-0.1, -0.05) is 54.5 Å². The SMILES string of the molecule is CCC(=O)N(Cc1cccc(C(F)(F)F)c1)C[C@@H]1CC(c2ccccc2)=NO1. The number of amides is 1. The minimum atomic E-state index is -4.41. The number of alkyl halides is 3. The minimum absolute atomic E-state index is 0.0944. The highest BCUT2D eigenvalue weighted by molar-refractivity contribution is 6.01. The first kappa shape index (κ1) is 19.9. The fraction of sp³-hybridized carbons (Fsp3) is 0.333. The Kier molecular flexibility index (Phi) is 6.02. The van der Waals surface area contributed by atoms with Crippen molar-refractivity contribution in [1.82, 2.24) is 4.90 Å². The number of nitrogens with zero attached hydrogens (tertiary/aromatic N) is 2. The highest BCUT2D eigenvalue weighted by Crippen LogP contribution is 2.30. The third-order valence-electron chi connectivity index (χ3n) is 4.55. The van der Waals surface area contributed by atoms with Gasteiger partial charge >= 0.3 is 6.18 Å². The van der Waals surface area contributed by atoms with Gasteiger partial charge in [0.1, 0.15) is 0 Å². The number of benzene rings is 2. The Balaban J connectivity index is 1.68. The predicted molar refractivity (Wildman–Crippen MR) is 99.6 cm³/mol. The molecule has 4 nitrogen and oxygen atoms in total. The topological polar surface area (TPSA) is 41.9 Å². The van der Waals surface area contributed by atoms with Crippen molar-refractivity contribution < 1.29 is 22.8 Å². The van der Waals surface area contributed by atoms with Gasteiger partial charge in [0, 0.05) is 19.4 Å². The molecule has 2 aromatic carbocycles. The maximum atomic E-state index is 12.9. The third kappa shape index (κ3) is 4.91. The minimum Gasteiger partial charge on any atom is -0.390 e. The quantitative estimate of drug-likeness (QED) is 0.721. The summed E-state index contributed by atoms with van der Waals surface area (Å²) in [4.78, 5) is 19.4. The van der Waals surface area contributed by atoms with Gasteiger partial charge in [-0.2, -0.15) is 13.2 Å². The summed E-state index contributed by atoms with van der Waals surface area (Å²) < 4.78 is 38.8. The lowest BCUT2D eigenvalue weighted by molar-refractivity contribution is -0.137. The summed E-state index contributed by atoms with van der Waals surface area (Å²) in [6.07, 6.45) is -3.93. The Morgan fingerprint density at radius 2 is 1.93 bits per heavy atom. The molecule has 0 saturated carbocycles. The molecular formula is C21H21F3N2O2. The Morgan fingerprint density at radius 1 is 1.18 bits per heavy atom. The zero-order valence-corrected chi connectivity index (χ0v) is 15.4. The van der Waals surface area contributed by atoms with E-state index in [1.807, 2.05) is 30.3 Å². The van der Waals surface area contributed by atoms with Gasteiger partial charge < -0.3 is 9.74 Å². The van der Waals surface area contributed by atoms with E-state index in [9.17, 15) is 18.0 Å². The van der Waals surface area contributed by atoms with Gasteiger partial charge in [0.15, 0.2) is 6.10 Å². The lowest BCUT2D eigenvalue weighted by atomic mass is 10.0. The van der Waals surface area contributed by atoms with E-state index in [2.05, 4.69) is 5.16 Å². The van der Waals surface area contributed by atoms with Crippen LogP contribution >= 0.6 is 0 Å². The molecule has 2 aromatic rings. The number of carbonyl (C=O) groups is 1. The van der Waals surface area contributed by atoms with Crippen molar-refractivity contribution in [3.05, 3.63) is 71.3 Å². The summed E-state index contributed by atoms with van der Waals surface area (Å²) in [5.41, 5.74) is 1.46. The second kappa shape index (κ2) is 8.46. The molecule has 0 radical (unpaired) electrons. The second-order valence-corrected chi connectivity index (χ2v) is 6.66. The van der Waals surface area contributed by atoms with Crippen molar-refractivity contribution in [3.8, 4) is 0 Å². The Morgan fingerprint density at radius 3 is 2.61 bits per heavy atom. The van der Waals surface area contributed by atoms with Crippen LogP contribution in [0.15, 0.2) is 59.8 Å². The summed E-state index contributed by atoms with van der Waals surface area (Å²) in [6, 6.07) is 14.6. The zero-order valence-electron chi connectivity index (χ0n) is 15.4. The van der Waals surface area contributed by atoms with Crippen LogP contribution < -0.4 is 0 Å². The van der Waals surface area contributed by atoms with E-state index in [1.54, 1.807) is 13.0 Å². The molecule has 1 aliphatic rings. The van der Waals surface area contributed by atoms with Gasteiger partial charge in [0.25, 0.3) is 0 Å². The van der Waals surface area contributed by atoms with E-state index < -0.39 is 11.7 Å². The fourth-order valence-electron chi connectivity index (χ4n) is 3.12. The van der Waals surface area contributed by atoms with Crippen molar-refractivity contribution in [2.75, 3.05) is 6.54 Å². The first-order valence-electron chi connectivity index (χ1n) is 9.09. The second-order valence-electron chi connectivity index (χ2n) is 6.66. The van der Waals surface area contributed by atoms with E-state index in [0.29, 0.717) is 12.0 Å². The van der Waals surface area contributed by atoms with Crippen LogP contribution in [0.4, 0.5) is 13.2 Å². The smallest absolute Gasteiger partial charge is 0.390 e. The van der Waals surface area contributed by atoms with Crippen LogP contribution in [0.25, 0.3) is 0 Å². The summed E-state index contributed by atoms with van der Waals surface area (Å²) in [6.45, 7) is 2.09. The number of halogens is 3. The number of hydrogen-bond donors (Lipinski definition) is 0. The Bertz CT molecular complexity index is 850. The van der Waals surface area contributed by atoms with E-state index in [1.165, 1.54) is 11.0 Å². The van der Waals surface area contributed by atoms with Gasteiger partial charge in [0.05, 0.1) is 17.8 Å². The summed E-state index contributed by atoms with van der Waals surface area (Å²) in [7, 11) is 0. The summed E-state index contributed by atoms with van der Waals surface area (Å²) in [5, 5.41) is 4.11. The molecule has 0 aromatic heterocycles. The largest absolute Gasteiger partial charge is 0.416 e. The molecule has 0 N–H and O–H groups in total. The number of hydrogen-bond acceptors (Lipinski definition) is 3. The Labute approximate surface area is 161 Å². The fourth-order valence-corrected chi connectivity index (χ4v) is 3.12. The normalized spacial score (nSPS) is 16.4. The van der Waals surface area contributed by atoms with E-state index in [-0.39, 0.29) is 31.5 Å². The van der Waals surface area contributed by atoms with Gasteiger partial charge in [0.2, 0.25) is 5.91 Å². The lowest BCUT2D eigenvalue weighted by Gasteiger charge is -2.25. The highest BCUT2D eigenvalue weighted by atomic mass is 19.4.